The first-order valence-electron chi connectivity index (χ1n) is 7.25. The summed E-state index contributed by atoms with van der Waals surface area (Å²) in [4.78, 5) is 14.8. The SMILES string of the molecule is Cc1ccc2c(c1)CCCN2C(=O)c1cccc(CI)c1. The summed E-state index contributed by atoms with van der Waals surface area (Å²) in [6.07, 6.45) is 2.10. The molecule has 0 atom stereocenters. The minimum Gasteiger partial charge on any atom is -0.308 e. The summed E-state index contributed by atoms with van der Waals surface area (Å²) in [5.41, 5.74) is 5.62. The van der Waals surface area contributed by atoms with Crippen molar-refractivity contribution in [2.75, 3.05) is 11.4 Å². The Hall–Kier alpha value is -1.36. The Bertz CT molecular complexity index is 681. The summed E-state index contributed by atoms with van der Waals surface area (Å²) in [7, 11) is 0. The van der Waals surface area contributed by atoms with Crippen LogP contribution in [0, 0.1) is 6.92 Å². The lowest BCUT2D eigenvalue weighted by molar-refractivity contribution is 0.0985. The van der Waals surface area contributed by atoms with Gasteiger partial charge in [0.1, 0.15) is 0 Å². The van der Waals surface area contributed by atoms with E-state index in [-0.39, 0.29) is 5.91 Å². The Morgan fingerprint density at radius 2 is 2.10 bits per heavy atom. The van der Waals surface area contributed by atoms with Gasteiger partial charge in [-0.3, -0.25) is 4.79 Å². The number of fused-ring (bicyclic) bond motifs is 1. The molecule has 0 spiro atoms. The molecule has 108 valence electrons. The minimum absolute atomic E-state index is 0.117. The number of anilines is 1. The van der Waals surface area contributed by atoms with Crippen LogP contribution in [0.3, 0.4) is 0 Å². The monoisotopic (exact) mass is 391 g/mol. The largest absolute Gasteiger partial charge is 0.308 e. The van der Waals surface area contributed by atoms with Crippen LogP contribution in [0.25, 0.3) is 0 Å². The van der Waals surface area contributed by atoms with Crippen molar-refractivity contribution in [3.05, 3.63) is 64.7 Å². The number of halogens is 1. The number of rotatable bonds is 2. The number of benzene rings is 2. The number of carbonyl (C=O) groups is 1. The van der Waals surface area contributed by atoms with Gasteiger partial charge in [0.15, 0.2) is 0 Å². The smallest absolute Gasteiger partial charge is 0.258 e. The van der Waals surface area contributed by atoms with Gasteiger partial charge in [-0.1, -0.05) is 52.4 Å². The quantitative estimate of drug-likeness (QED) is 0.545. The van der Waals surface area contributed by atoms with E-state index in [1.807, 2.05) is 23.1 Å². The van der Waals surface area contributed by atoms with Crippen LogP contribution in [0.1, 0.15) is 33.5 Å². The summed E-state index contributed by atoms with van der Waals surface area (Å²) in [6, 6.07) is 14.3. The standard InChI is InChI=1S/C18H18INO/c1-13-7-8-17-15(10-13)6-3-9-20(17)18(21)16-5-2-4-14(11-16)12-19/h2,4-5,7-8,10-11H,3,6,9,12H2,1H3. The number of hydrogen-bond donors (Lipinski definition) is 0. The van der Waals surface area contributed by atoms with E-state index in [4.69, 9.17) is 0 Å². The van der Waals surface area contributed by atoms with Gasteiger partial charge >= 0.3 is 0 Å². The zero-order chi connectivity index (χ0) is 14.8. The highest BCUT2D eigenvalue weighted by Crippen LogP contribution is 2.29. The molecule has 0 unspecified atom stereocenters. The summed E-state index contributed by atoms with van der Waals surface area (Å²) in [6.45, 7) is 2.91. The number of aryl methyl sites for hydroxylation is 2. The summed E-state index contributed by atoms with van der Waals surface area (Å²) < 4.78 is 0.925. The molecule has 0 N–H and O–H groups in total. The van der Waals surface area contributed by atoms with Crippen LogP contribution in [-0.2, 0) is 10.8 Å². The zero-order valence-corrected chi connectivity index (χ0v) is 14.3. The van der Waals surface area contributed by atoms with Crippen LogP contribution in [0.4, 0.5) is 5.69 Å². The molecule has 3 rings (SSSR count). The van der Waals surface area contributed by atoms with Crippen molar-refractivity contribution < 1.29 is 4.79 Å². The molecule has 0 saturated carbocycles. The van der Waals surface area contributed by atoms with Gasteiger partial charge < -0.3 is 4.90 Å². The van der Waals surface area contributed by atoms with Crippen LogP contribution >= 0.6 is 22.6 Å². The normalized spacial score (nSPS) is 13.9. The molecule has 0 bridgehead atoms. The molecule has 2 aromatic carbocycles. The van der Waals surface area contributed by atoms with Crippen molar-refractivity contribution in [1.29, 1.82) is 0 Å². The van der Waals surface area contributed by atoms with Crippen molar-refractivity contribution in [1.82, 2.24) is 0 Å². The van der Waals surface area contributed by atoms with E-state index in [0.29, 0.717) is 0 Å². The average Bonchev–Trinajstić information content (AvgIpc) is 2.53. The van der Waals surface area contributed by atoms with Gasteiger partial charge in [-0.05, 0) is 49.1 Å². The first-order valence-corrected chi connectivity index (χ1v) is 8.78. The highest BCUT2D eigenvalue weighted by atomic mass is 127. The van der Waals surface area contributed by atoms with Crippen LogP contribution in [0.2, 0.25) is 0 Å². The molecule has 1 heterocycles. The number of amides is 1. The van der Waals surface area contributed by atoms with Gasteiger partial charge in [-0.25, -0.2) is 0 Å². The Morgan fingerprint density at radius 3 is 2.90 bits per heavy atom. The molecule has 21 heavy (non-hydrogen) atoms. The molecular weight excluding hydrogens is 373 g/mol. The van der Waals surface area contributed by atoms with Crippen molar-refractivity contribution >= 4 is 34.2 Å². The second-order valence-electron chi connectivity index (χ2n) is 5.53. The fourth-order valence-electron chi connectivity index (χ4n) is 2.88. The maximum absolute atomic E-state index is 12.8. The fraction of sp³-hybridized carbons (Fsp3) is 0.278. The summed E-state index contributed by atoms with van der Waals surface area (Å²) in [5, 5.41) is 0. The molecule has 2 aromatic rings. The van der Waals surface area contributed by atoms with Crippen LogP contribution in [0.5, 0.6) is 0 Å². The van der Waals surface area contributed by atoms with E-state index < -0.39 is 0 Å². The highest BCUT2D eigenvalue weighted by Gasteiger charge is 2.23. The van der Waals surface area contributed by atoms with Crippen molar-refractivity contribution in [2.24, 2.45) is 0 Å². The molecule has 0 radical (unpaired) electrons. The molecule has 0 aliphatic carbocycles. The molecule has 3 heteroatoms. The second-order valence-corrected chi connectivity index (χ2v) is 6.29. The van der Waals surface area contributed by atoms with Crippen LogP contribution in [0.15, 0.2) is 42.5 Å². The van der Waals surface area contributed by atoms with Gasteiger partial charge in [0.2, 0.25) is 0 Å². The molecule has 1 aliphatic rings. The Kier molecular flexibility index (Phi) is 4.29. The molecule has 1 amide bonds. The third-order valence-corrected chi connectivity index (χ3v) is 4.81. The zero-order valence-electron chi connectivity index (χ0n) is 12.1. The topological polar surface area (TPSA) is 20.3 Å². The molecule has 0 saturated heterocycles. The van der Waals surface area contributed by atoms with Gasteiger partial charge in [0.25, 0.3) is 5.91 Å². The third kappa shape index (κ3) is 2.98. The van der Waals surface area contributed by atoms with E-state index >= 15 is 0 Å². The Balaban J connectivity index is 1.96. The lowest BCUT2D eigenvalue weighted by atomic mass is 9.98. The van der Waals surface area contributed by atoms with E-state index in [2.05, 4.69) is 53.8 Å². The Labute approximate surface area is 139 Å². The van der Waals surface area contributed by atoms with Crippen LogP contribution in [-0.4, -0.2) is 12.5 Å². The number of alkyl halides is 1. The maximum atomic E-state index is 12.8. The van der Waals surface area contributed by atoms with E-state index in [0.717, 1.165) is 35.1 Å². The molecule has 2 nitrogen and oxygen atoms in total. The highest BCUT2D eigenvalue weighted by molar-refractivity contribution is 14.1. The minimum atomic E-state index is 0.117. The predicted molar refractivity (Wildman–Crippen MR) is 95.3 cm³/mol. The fourth-order valence-corrected chi connectivity index (χ4v) is 3.35. The van der Waals surface area contributed by atoms with Gasteiger partial charge in [-0.2, -0.15) is 0 Å². The third-order valence-electron chi connectivity index (χ3n) is 3.93. The Morgan fingerprint density at radius 1 is 1.24 bits per heavy atom. The summed E-state index contributed by atoms with van der Waals surface area (Å²) in [5.74, 6) is 0.117. The first kappa shape index (κ1) is 14.6. The van der Waals surface area contributed by atoms with Crippen molar-refractivity contribution in [3.63, 3.8) is 0 Å². The lowest BCUT2D eigenvalue weighted by Gasteiger charge is -2.30. The summed E-state index contributed by atoms with van der Waals surface area (Å²) >= 11 is 2.33. The van der Waals surface area contributed by atoms with Crippen molar-refractivity contribution in [3.8, 4) is 0 Å². The molecule has 1 aliphatic heterocycles. The number of carbonyl (C=O) groups excluding carboxylic acids is 1. The molecule has 0 fully saturated rings. The second kappa shape index (κ2) is 6.18. The van der Waals surface area contributed by atoms with E-state index in [1.54, 1.807) is 0 Å². The average molecular weight is 391 g/mol. The number of nitrogens with zero attached hydrogens (tertiary/aromatic N) is 1. The molecular formula is C18H18INO. The van der Waals surface area contributed by atoms with E-state index in [1.165, 1.54) is 16.7 Å². The maximum Gasteiger partial charge on any atom is 0.258 e. The number of hydrogen-bond acceptors (Lipinski definition) is 1. The predicted octanol–water partition coefficient (Wildman–Crippen LogP) is 4.52. The van der Waals surface area contributed by atoms with Crippen LogP contribution < -0.4 is 4.90 Å². The molecule has 0 aromatic heterocycles. The van der Waals surface area contributed by atoms with E-state index in [9.17, 15) is 4.79 Å². The van der Waals surface area contributed by atoms with Gasteiger partial charge in [0, 0.05) is 22.2 Å². The van der Waals surface area contributed by atoms with Gasteiger partial charge in [-0.15, -0.1) is 0 Å². The lowest BCUT2D eigenvalue weighted by Crippen LogP contribution is -2.35. The first-order chi connectivity index (χ1) is 10.2. The van der Waals surface area contributed by atoms with Gasteiger partial charge in [0.05, 0.1) is 0 Å². The van der Waals surface area contributed by atoms with Crippen molar-refractivity contribution in [2.45, 2.75) is 24.2 Å².